The van der Waals surface area contributed by atoms with Crippen LogP contribution in [0.4, 0.5) is 5.69 Å². The van der Waals surface area contributed by atoms with Gasteiger partial charge in [0, 0.05) is 13.1 Å². The quantitative estimate of drug-likeness (QED) is 0.717. The van der Waals surface area contributed by atoms with Crippen LogP contribution in [0.25, 0.3) is 0 Å². The highest BCUT2D eigenvalue weighted by Gasteiger charge is 1.93. The second-order valence-electron chi connectivity index (χ2n) is 2.54. The number of pyridine rings is 1. The van der Waals surface area contributed by atoms with Crippen molar-refractivity contribution in [1.82, 2.24) is 4.98 Å². The standard InChI is InChI=1S/C10H14N2O/c1-3-4-5-13-10-6-9(11-2)7-12-8-10/h3-4,6-8,11H,5H2,1-2H3/b4-3+. The van der Waals surface area contributed by atoms with Gasteiger partial charge in [0.2, 0.25) is 0 Å². The Balaban J connectivity index is 2.56. The van der Waals surface area contributed by atoms with Gasteiger partial charge in [-0.3, -0.25) is 4.98 Å². The van der Waals surface area contributed by atoms with Crippen molar-refractivity contribution in [2.75, 3.05) is 19.0 Å². The lowest BCUT2D eigenvalue weighted by atomic mass is 10.4. The molecule has 0 atom stereocenters. The molecule has 0 amide bonds. The molecule has 13 heavy (non-hydrogen) atoms. The average Bonchev–Trinajstić information content (AvgIpc) is 2.19. The van der Waals surface area contributed by atoms with Crippen molar-refractivity contribution in [3.63, 3.8) is 0 Å². The molecule has 3 nitrogen and oxygen atoms in total. The first kappa shape index (κ1) is 9.58. The second kappa shape index (κ2) is 5.19. The van der Waals surface area contributed by atoms with Gasteiger partial charge < -0.3 is 10.1 Å². The zero-order valence-electron chi connectivity index (χ0n) is 7.95. The normalized spacial score (nSPS) is 10.3. The molecule has 0 radical (unpaired) electrons. The molecule has 70 valence electrons. The van der Waals surface area contributed by atoms with Gasteiger partial charge in [-0.25, -0.2) is 0 Å². The molecular formula is C10H14N2O. The fourth-order valence-corrected chi connectivity index (χ4v) is 0.875. The minimum atomic E-state index is 0.589. The van der Waals surface area contributed by atoms with E-state index in [-0.39, 0.29) is 0 Å². The topological polar surface area (TPSA) is 34.1 Å². The van der Waals surface area contributed by atoms with Crippen LogP contribution in [-0.2, 0) is 0 Å². The van der Waals surface area contributed by atoms with Gasteiger partial charge in [0.25, 0.3) is 0 Å². The molecule has 0 spiro atoms. The summed E-state index contributed by atoms with van der Waals surface area (Å²) in [5, 5.41) is 3.00. The van der Waals surface area contributed by atoms with E-state index in [1.165, 1.54) is 0 Å². The average molecular weight is 178 g/mol. The van der Waals surface area contributed by atoms with E-state index in [1.807, 2.05) is 32.2 Å². The van der Waals surface area contributed by atoms with Crippen molar-refractivity contribution in [3.8, 4) is 5.75 Å². The van der Waals surface area contributed by atoms with Gasteiger partial charge in [0.15, 0.2) is 0 Å². The molecule has 0 aliphatic carbocycles. The van der Waals surface area contributed by atoms with Crippen molar-refractivity contribution >= 4 is 5.69 Å². The highest BCUT2D eigenvalue weighted by atomic mass is 16.5. The van der Waals surface area contributed by atoms with Gasteiger partial charge in [-0.15, -0.1) is 0 Å². The Hall–Kier alpha value is -1.51. The van der Waals surface area contributed by atoms with Gasteiger partial charge >= 0.3 is 0 Å². The molecule has 0 unspecified atom stereocenters. The Morgan fingerprint density at radius 3 is 3.08 bits per heavy atom. The highest BCUT2D eigenvalue weighted by Crippen LogP contribution is 2.14. The number of rotatable bonds is 4. The van der Waals surface area contributed by atoms with Gasteiger partial charge in [-0.2, -0.15) is 0 Å². The lowest BCUT2D eigenvalue weighted by molar-refractivity contribution is 0.361. The van der Waals surface area contributed by atoms with Crippen molar-refractivity contribution in [3.05, 3.63) is 30.6 Å². The number of anilines is 1. The SMILES string of the molecule is C/C=C/COc1cncc(NC)c1. The number of nitrogens with one attached hydrogen (secondary N) is 1. The summed E-state index contributed by atoms with van der Waals surface area (Å²) in [5.41, 5.74) is 0.956. The van der Waals surface area contributed by atoms with Crippen LogP contribution in [0.3, 0.4) is 0 Å². The first-order valence-electron chi connectivity index (χ1n) is 4.23. The third-order valence-corrected chi connectivity index (χ3v) is 1.58. The molecule has 0 aliphatic heterocycles. The van der Waals surface area contributed by atoms with E-state index in [9.17, 15) is 0 Å². The second-order valence-corrected chi connectivity index (χ2v) is 2.54. The molecule has 0 aliphatic rings. The first-order valence-corrected chi connectivity index (χ1v) is 4.23. The molecule has 0 saturated heterocycles. The lowest BCUT2D eigenvalue weighted by Crippen LogP contribution is -1.95. The summed E-state index contributed by atoms with van der Waals surface area (Å²) in [5.74, 6) is 0.782. The molecule has 1 heterocycles. The first-order chi connectivity index (χ1) is 6.36. The summed E-state index contributed by atoms with van der Waals surface area (Å²) in [6.45, 7) is 2.55. The van der Waals surface area contributed by atoms with Crippen LogP contribution in [0.5, 0.6) is 5.75 Å². The Morgan fingerprint density at radius 2 is 2.38 bits per heavy atom. The van der Waals surface area contributed by atoms with E-state index in [1.54, 1.807) is 12.4 Å². The lowest BCUT2D eigenvalue weighted by Gasteiger charge is -2.04. The highest BCUT2D eigenvalue weighted by molar-refractivity contribution is 5.44. The fraction of sp³-hybridized carbons (Fsp3) is 0.300. The number of ether oxygens (including phenoxy) is 1. The number of hydrogen-bond donors (Lipinski definition) is 1. The maximum Gasteiger partial charge on any atom is 0.140 e. The number of allylic oxidation sites excluding steroid dienone is 1. The van der Waals surface area contributed by atoms with Crippen LogP contribution < -0.4 is 10.1 Å². The van der Waals surface area contributed by atoms with Crippen LogP contribution in [0.1, 0.15) is 6.92 Å². The van der Waals surface area contributed by atoms with Gasteiger partial charge in [0.05, 0.1) is 18.1 Å². The number of nitrogens with zero attached hydrogens (tertiary/aromatic N) is 1. The van der Waals surface area contributed by atoms with Crippen LogP contribution >= 0.6 is 0 Å². The van der Waals surface area contributed by atoms with Gasteiger partial charge in [0.1, 0.15) is 12.4 Å². The molecule has 0 saturated carbocycles. The summed E-state index contributed by atoms with van der Waals surface area (Å²) >= 11 is 0. The van der Waals surface area contributed by atoms with Crippen LogP contribution in [0.15, 0.2) is 30.6 Å². The summed E-state index contributed by atoms with van der Waals surface area (Å²) in [7, 11) is 1.85. The van der Waals surface area contributed by atoms with E-state index < -0.39 is 0 Å². The predicted molar refractivity (Wildman–Crippen MR) is 54.1 cm³/mol. The Morgan fingerprint density at radius 1 is 1.54 bits per heavy atom. The van der Waals surface area contributed by atoms with Gasteiger partial charge in [-0.1, -0.05) is 12.2 Å². The molecule has 0 fully saturated rings. The molecule has 1 aromatic rings. The summed E-state index contributed by atoms with van der Waals surface area (Å²) in [6.07, 6.45) is 7.36. The number of aromatic nitrogens is 1. The Kier molecular flexibility index (Phi) is 3.82. The van der Waals surface area contributed by atoms with E-state index in [4.69, 9.17) is 4.74 Å². The van der Waals surface area contributed by atoms with Crippen LogP contribution in [0, 0.1) is 0 Å². The zero-order valence-corrected chi connectivity index (χ0v) is 7.95. The van der Waals surface area contributed by atoms with Crippen molar-refractivity contribution in [2.45, 2.75) is 6.92 Å². The monoisotopic (exact) mass is 178 g/mol. The molecular weight excluding hydrogens is 164 g/mol. The minimum absolute atomic E-state index is 0.589. The zero-order chi connectivity index (χ0) is 9.52. The smallest absolute Gasteiger partial charge is 0.140 e. The van der Waals surface area contributed by atoms with E-state index in [2.05, 4.69) is 10.3 Å². The predicted octanol–water partition coefficient (Wildman–Crippen LogP) is 2.08. The summed E-state index contributed by atoms with van der Waals surface area (Å²) in [6, 6.07) is 1.91. The maximum absolute atomic E-state index is 5.40. The summed E-state index contributed by atoms with van der Waals surface area (Å²) < 4.78 is 5.40. The van der Waals surface area contributed by atoms with Crippen molar-refractivity contribution in [1.29, 1.82) is 0 Å². The van der Waals surface area contributed by atoms with Crippen LogP contribution in [0.2, 0.25) is 0 Å². The van der Waals surface area contributed by atoms with Crippen molar-refractivity contribution in [2.24, 2.45) is 0 Å². The van der Waals surface area contributed by atoms with Crippen molar-refractivity contribution < 1.29 is 4.74 Å². The minimum Gasteiger partial charge on any atom is -0.488 e. The van der Waals surface area contributed by atoms with Gasteiger partial charge in [-0.05, 0) is 6.92 Å². The number of hydrogen-bond acceptors (Lipinski definition) is 3. The molecule has 1 N–H and O–H groups in total. The molecule has 0 bridgehead atoms. The van der Waals surface area contributed by atoms with E-state index >= 15 is 0 Å². The van der Waals surface area contributed by atoms with E-state index in [0.29, 0.717) is 6.61 Å². The van der Waals surface area contributed by atoms with Crippen LogP contribution in [-0.4, -0.2) is 18.6 Å². The molecule has 3 heteroatoms. The Bertz CT molecular complexity index is 284. The molecule has 0 aromatic carbocycles. The largest absolute Gasteiger partial charge is 0.488 e. The fourth-order valence-electron chi connectivity index (χ4n) is 0.875. The molecule has 1 aromatic heterocycles. The maximum atomic E-state index is 5.40. The third kappa shape index (κ3) is 3.15. The third-order valence-electron chi connectivity index (χ3n) is 1.58. The molecule has 1 rings (SSSR count). The Labute approximate surface area is 78.4 Å². The summed E-state index contributed by atoms with van der Waals surface area (Å²) in [4.78, 5) is 4.02. The van der Waals surface area contributed by atoms with E-state index in [0.717, 1.165) is 11.4 Å².